The number of nitrogens with one attached hydrogen (secondary N) is 1. The van der Waals surface area contributed by atoms with E-state index in [1.54, 1.807) is 0 Å². The lowest BCUT2D eigenvalue weighted by Gasteiger charge is -2.05. The summed E-state index contributed by atoms with van der Waals surface area (Å²) < 4.78 is 0. The Hall–Kier alpha value is -1.35. The highest BCUT2D eigenvalue weighted by Gasteiger charge is 2.16. The zero-order valence-corrected chi connectivity index (χ0v) is 10.2. The van der Waals surface area contributed by atoms with E-state index in [1.165, 1.54) is 5.56 Å². The molecule has 16 heavy (non-hydrogen) atoms. The van der Waals surface area contributed by atoms with E-state index in [-0.39, 0.29) is 6.17 Å². The summed E-state index contributed by atoms with van der Waals surface area (Å²) in [4.78, 5) is 9.57. The quantitative estimate of drug-likeness (QED) is 0.849. The fourth-order valence-electron chi connectivity index (χ4n) is 1.45. The van der Waals surface area contributed by atoms with Gasteiger partial charge in [-0.25, -0.2) is 4.99 Å². The van der Waals surface area contributed by atoms with E-state index in [2.05, 4.69) is 22.6 Å². The third-order valence-corrected chi connectivity index (χ3v) is 2.19. The number of rotatable bonds is 3. The molecule has 0 fully saturated rings. The van der Waals surface area contributed by atoms with E-state index in [4.69, 9.17) is 4.84 Å². The third-order valence-electron chi connectivity index (χ3n) is 2.19. The summed E-state index contributed by atoms with van der Waals surface area (Å²) in [5, 5.41) is 0. The summed E-state index contributed by atoms with van der Waals surface area (Å²) in [5.74, 6) is 0.797. The average Bonchev–Trinajstić information content (AvgIpc) is 2.81. The molecule has 3 nitrogen and oxygen atoms in total. The summed E-state index contributed by atoms with van der Waals surface area (Å²) in [6.07, 6.45) is 1.80. The molecular formula is C13H20N2O. The molecule has 0 radical (unpaired) electrons. The van der Waals surface area contributed by atoms with E-state index in [1.807, 2.05) is 39.0 Å². The standard InChI is InChI=1S/C11H14N2O.C2H6/c1-2-11-12-10(13-14-11)8-9-6-4-3-5-7-9;1-2/h3-7,10,13H,2,8H2,1H3;1-2H3. The zero-order chi connectivity index (χ0) is 11.8. The molecule has 2 rings (SSSR count). The monoisotopic (exact) mass is 220 g/mol. The van der Waals surface area contributed by atoms with Crippen LogP contribution in [0, 0.1) is 0 Å². The van der Waals surface area contributed by atoms with Gasteiger partial charge in [-0.05, 0) is 5.56 Å². The Kier molecular flexibility index (Phi) is 5.57. The highest BCUT2D eigenvalue weighted by atomic mass is 16.7. The largest absolute Gasteiger partial charge is 0.391 e. The van der Waals surface area contributed by atoms with Crippen LogP contribution in [-0.2, 0) is 11.3 Å². The summed E-state index contributed by atoms with van der Waals surface area (Å²) in [5.41, 5.74) is 4.18. The molecule has 0 saturated heterocycles. The van der Waals surface area contributed by atoms with Crippen molar-refractivity contribution in [2.45, 2.75) is 39.8 Å². The van der Waals surface area contributed by atoms with Crippen molar-refractivity contribution in [2.75, 3.05) is 0 Å². The van der Waals surface area contributed by atoms with Gasteiger partial charge in [0.05, 0.1) is 0 Å². The Balaban J connectivity index is 0.000000606. The fraction of sp³-hybridized carbons (Fsp3) is 0.462. The topological polar surface area (TPSA) is 33.6 Å². The minimum absolute atomic E-state index is 0.0762. The highest BCUT2D eigenvalue weighted by Crippen LogP contribution is 2.08. The van der Waals surface area contributed by atoms with Crippen molar-refractivity contribution in [3.63, 3.8) is 0 Å². The van der Waals surface area contributed by atoms with E-state index >= 15 is 0 Å². The van der Waals surface area contributed by atoms with Crippen LogP contribution in [-0.4, -0.2) is 12.1 Å². The SMILES string of the molecule is CC.CCC1=NC(Cc2ccccc2)NO1. The lowest BCUT2D eigenvalue weighted by atomic mass is 10.1. The van der Waals surface area contributed by atoms with Crippen LogP contribution in [0.25, 0.3) is 0 Å². The van der Waals surface area contributed by atoms with Crippen LogP contribution in [0.5, 0.6) is 0 Å². The second kappa shape index (κ2) is 7.01. The molecular weight excluding hydrogens is 200 g/mol. The first kappa shape index (κ1) is 12.7. The maximum absolute atomic E-state index is 5.19. The van der Waals surface area contributed by atoms with Gasteiger partial charge in [0.25, 0.3) is 0 Å². The number of nitrogens with zero attached hydrogens (tertiary/aromatic N) is 1. The van der Waals surface area contributed by atoms with Crippen LogP contribution >= 0.6 is 0 Å². The predicted molar refractivity (Wildman–Crippen MR) is 67.2 cm³/mol. The maximum Gasteiger partial charge on any atom is 0.210 e. The van der Waals surface area contributed by atoms with Crippen LogP contribution in [0.15, 0.2) is 35.3 Å². The van der Waals surface area contributed by atoms with Gasteiger partial charge >= 0.3 is 0 Å². The molecule has 0 amide bonds. The van der Waals surface area contributed by atoms with Crippen molar-refractivity contribution in [1.82, 2.24) is 5.48 Å². The Bertz CT molecular complexity index is 322. The summed E-state index contributed by atoms with van der Waals surface area (Å²) >= 11 is 0. The van der Waals surface area contributed by atoms with E-state index in [0.717, 1.165) is 18.7 Å². The Morgan fingerprint density at radius 2 is 1.94 bits per heavy atom. The first-order chi connectivity index (χ1) is 7.88. The van der Waals surface area contributed by atoms with Crippen molar-refractivity contribution in [3.8, 4) is 0 Å². The lowest BCUT2D eigenvalue weighted by Crippen LogP contribution is -2.23. The van der Waals surface area contributed by atoms with Crippen molar-refractivity contribution in [1.29, 1.82) is 0 Å². The van der Waals surface area contributed by atoms with Crippen molar-refractivity contribution < 1.29 is 4.84 Å². The number of hydrogen-bond donors (Lipinski definition) is 1. The Morgan fingerprint density at radius 3 is 2.50 bits per heavy atom. The minimum atomic E-state index is 0.0762. The Morgan fingerprint density at radius 1 is 1.25 bits per heavy atom. The van der Waals surface area contributed by atoms with E-state index < -0.39 is 0 Å². The van der Waals surface area contributed by atoms with Gasteiger partial charge in [-0.3, -0.25) is 0 Å². The molecule has 1 unspecified atom stereocenters. The number of hydrogen-bond acceptors (Lipinski definition) is 3. The van der Waals surface area contributed by atoms with Gasteiger partial charge in [0.2, 0.25) is 5.90 Å². The molecule has 0 spiro atoms. The second-order valence-electron chi connectivity index (χ2n) is 3.30. The van der Waals surface area contributed by atoms with Crippen LogP contribution in [0.2, 0.25) is 0 Å². The molecule has 1 aliphatic rings. The smallest absolute Gasteiger partial charge is 0.210 e. The van der Waals surface area contributed by atoms with Gasteiger partial charge in [0.1, 0.15) is 6.17 Å². The van der Waals surface area contributed by atoms with Crippen LogP contribution in [0.1, 0.15) is 32.8 Å². The van der Waals surface area contributed by atoms with Gasteiger partial charge in [-0.1, -0.05) is 51.1 Å². The molecule has 0 aliphatic carbocycles. The van der Waals surface area contributed by atoms with Crippen LogP contribution in [0.4, 0.5) is 0 Å². The third kappa shape index (κ3) is 3.66. The number of hydroxylamine groups is 1. The second-order valence-corrected chi connectivity index (χ2v) is 3.30. The van der Waals surface area contributed by atoms with Crippen molar-refractivity contribution in [2.24, 2.45) is 4.99 Å². The van der Waals surface area contributed by atoms with Crippen LogP contribution in [0.3, 0.4) is 0 Å². The molecule has 1 aromatic rings. The minimum Gasteiger partial charge on any atom is -0.391 e. The van der Waals surface area contributed by atoms with Gasteiger partial charge in [-0.15, -0.1) is 5.48 Å². The van der Waals surface area contributed by atoms with Crippen molar-refractivity contribution >= 4 is 5.90 Å². The maximum atomic E-state index is 5.19. The van der Waals surface area contributed by atoms with Gasteiger partial charge in [0, 0.05) is 12.8 Å². The normalized spacial score (nSPS) is 18.2. The molecule has 1 heterocycles. The predicted octanol–water partition coefficient (Wildman–Crippen LogP) is 2.92. The van der Waals surface area contributed by atoms with E-state index in [9.17, 15) is 0 Å². The van der Waals surface area contributed by atoms with Crippen LogP contribution < -0.4 is 5.48 Å². The van der Waals surface area contributed by atoms with Crippen molar-refractivity contribution in [3.05, 3.63) is 35.9 Å². The Labute approximate surface area is 97.5 Å². The molecule has 1 N–H and O–H groups in total. The summed E-state index contributed by atoms with van der Waals surface area (Å²) in [7, 11) is 0. The highest BCUT2D eigenvalue weighted by molar-refractivity contribution is 5.76. The molecule has 1 aromatic carbocycles. The number of aliphatic imine (C=N–C) groups is 1. The molecule has 3 heteroatoms. The summed E-state index contributed by atoms with van der Waals surface area (Å²) in [6, 6.07) is 10.3. The van der Waals surface area contributed by atoms with Gasteiger partial charge in [0.15, 0.2) is 0 Å². The van der Waals surface area contributed by atoms with E-state index in [0.29, 0.717) is 0 Å². The molecule has 0 saturated carbocycles. The first-order valence-electron chi connectivity index (χ1n) is 5.91. The first-order valence-corrected chi connectivity index (χ1v) is 5.91. The van der Waals surface area contributed by atoms with Gasteiger partial charge in [-0.2, -0.15) is 0 Å². The molecule has 0 bridgehead atoms. The van der Waals surface area contributed by atoms with Gasteiger partial charge < -0.3 is 4.84 Å². The number of benzene rings is 1. The summed E-state index contributed by atoms with van der Waals surface area (Å²) in [6.45, 7) is 6.03. The lowest BCUT2D eigenvalue weighted by molar-refractivity contribution is 0.175. The molecule has 1 atom stereocenters. The zero-order valence-electron chi connectivity index (χ0n) is 10.2. The molecule has 88 valence electrons. The fourth-order valence-corrected chi connectivity index (χ4v) is 1.45. The molecule has 0 aromatic heterocycles. The molecule has 1 aliphatic heterocycles. The average molecular weight is 220 g/mol.